The number of esters is 1. The number of fused-ring (bicyclic) bond motifs is 1. The predicted octanol–water partition coefficient (Wildman–Crippen LogP) is 2.36. The van der Waals surface area contributed by atoms with Gasteiger partial charge in [0, 0.05) is 13.1 Å². The second kappa shape index (κ2) is 7.69. The van der Waals surface area contributed by atoms with E-state index in [1.165, 1.54) is 17.5 Å². The smallest absolute Gasteiger partial charge is 0.309 e. The van der Waals surface area contributed by atoms with E-state index in [-0.39, 0.29) is 24.4 Å². The lowest BCUT2D eigenvalue weighted by atomic mass is 9.97. The summed E-state index contributed by atoms with van der Waals surface area (Å²) in [6.45, 7) is 3.47. The lowest BCUT2D eigenvalue weighted by Crippen LogP contribution is -2.42. The number of ether oxygens (including phenoxy) is 2. The van der Waals surface area contributed by atoms with Crippen molar-refractivity contribution in [3.63, 3.8) is 0 Å². The highest BCUT2D eigenvalue weighted by atomic mass is 16.5. The molecule has 3 rings (SSSR count). The number of rotatable bonds is 5. The largest absolute Gasteiger partial charge is 0.484 e. The number of hydrogen-bond acceptors (Lipinski definition) is 4. The molecule has 0 atom stereocenters. The van der Waals surface area contributed by atoms with Crippen LogP contribution in [0.25, 0.3) is 0 Å². The molecule has 0 saturated carbocycles. The summed E-state index contributed by atoms with van der Waals surface area (Å²) in [5.74, 6) is 0.536. The summed E-state index contributed by atoms with van der Waals surface area (Å²) < 4.78 is 10.7. The molecule has 5 nitrogen and oxygen atoms in total. The van der Waals surface area contributed by atoms with Gasteiger partial charge in [0.1, 0.15) is 5.75 Å². The van der Waals surface area contributed by atoms with Crippen LogP contribution in [0.4, 0.5) is 0 Å². The van der Waals surface area contributed by atoms with Gasteiger partial charge in [0.15, 0.2) is 6.61 Å². The standard InChI is InChI=1S/C19H25NO4/c1-2-23-19(22)15-8-10-20(11-9-15)18(21)13-24-17-7-6-14-4-3-5-16(14)12-17/h6-7,12,15H,2-5,8-11,13H2,1H3. The summed E-state index contributed by atoms with van der Waals surface area (Å²) in [6, 6.07) is 6.11. The third kappa shape index (κ3) is 3.89. The van der Waals surface area contributed by atoms with E-state index in [0.29, 0.717) is 32.5 Å². The van der Waals surface area contributed by atoms with E-state index in [1.807, 2.05) is 13.0 Å². The van der Waals surface area contributed by atoms with Gasteiger partial charge in [-0.25, -0.2) is 0 Å². The van der Waals surface area contributed by atoms with Crippen molar-refractivity contribution in [3.8, 4) is 5.75 Å². The minimum Gasteiger partial charge on any atom is -0.484 e. The maximum atomic E-state index is 12.3. The number of carbonyl (C=O) groups is 2. The summed E-state index contributed by atoms with van der Waals surface area (Å²) in [7, 11) is 0. The van der Waals surface area contributed by atoms with Crippen LogP contribution in [0.3, 0.4) is 0 Å². The molecule has 0 N–H and O–H groups in total. The van der Waals surface area contributed by atoms with Gasteiger partial charge in [-0.3, -0.25) is 9.59 Å². The van der Waals surface area contributed by atoms with Gasteiger partial charge >= 0.3 is 5.97 Å². The van der Waals surface area contributed by atoms with Gasteiger partial charge < -0.3 is 14.4 Å². The Labute approximate surface area is 142 Å². The lowest BCUT2D eigenvalue weighted by Gasteiger charge is -2.30. The summed E-state index contributed by atoms with van der Waals surface area (Å²) in [5.41, 5.74) is 2.74. The Morgan fingerprint density at radius 1 is 1.17 bits per heavy atom. The van der Waals surface area contributed by atoms with Crippen LogP contribution in [0.2, 0.25) is 0 Å². The summed E-state index contributed by atoms with van der Waals surface area (Å²) in [4.78, 5) is 25.8. The number of hydrogen-bond donors (Lipinski definition) is 0. The number of aryl methyl sites for hydroxylation is 2. The van der Waals surface area contributed by atoms with Crippen molar-refractivity contribution < 1.29 is 19.1 Å². The molecule has 1 aromatic rings. The van der Waals surface area contributed by atoms with E-state index < -0.39 is 0 Å². The van der Waals surface area contributed by atoms with E-state index >= 15 is 0 Å². The Morgan fingerprint density at radius 3 is 2.67 bits per heavy atom. The van der Waals surface area contributed by atoms with Crippen LogP contribution >= 0.6 is 0 Å². The molecule has 1 saturated heterocycles. The van der Waals surface area contributed by atoms with Crippen molar-refractivity contribution in [1.29, 1.82) is 0 Å². The van der Waals surface area contributed by atoms with E-state index in [1.54, 1.807) is 4.90 Å². The van der Waals surface area contributed by atoms with Crippen molar-refractivity contribution in [2.24, 2.45) is 5.92 Å². The van der Waals surface area contributed by atoms with E-state index in [4.69, 9.17) is 9.47 Å². The molecule has 0 radical (unpaired) electrons. The average molecular weight is 331 g/mol. The van der Waals surface area contributed by atoms with Gasteiger partial charge in [-0.2, -0.15) is 0 Å². The predicted molar refractivity (Wildman–Crippen MR) is 89.9 cm³/mol. The first-order chi connectivity index (χ1) is 11.7. The molecule has 2 aliphatic rings. The van der Waals surface area contributed by atoms with Crippen molar-refractivity contribution in [3.05, 3.63) is 29.3 Å². The monoisotopic (exact) mass is 331 g/mol. The van der Waals surface area contributed by atoms with Crippen LogP contribution in [0.15, 0.2) is 18.2 Å². The van der Waals surface area contributed by atoms with E-state index in [2.05, 4.69) is 12.1 Å². The lowest BCUT2D eigenvalue weighted by molar-refractivity contribution is -0.151. The molecular weight excluding hydrogens is 306 g/mol. The topological polar surface area (TPSA) is 55.8 Å². The molecule has 1 aliphatic carbocycles. The Bertz CT molecular complexity index is 605. The van der Waals surface area contributed by atoms with Crippen LogP contribution in [0, 0.1) is 5.92 Å². The maximum absolute atomic E-state index is 12.3. The molecule has 0 bridgehead atoms. The van der Waals surface area contributed by atoms with Crippen molar-refractivity contribution in [2.75, 3.05) is 26.3 Å². The molecule has 1 heterocycles. The first-order valence-electron chi connectivity index (χ1n) is 8.86. The zero-order valence-corrected chi connectivity index (χ0v) is 14.3. The molecule has 130 valence electrons. The number of likely N-dealkylation sites (tertiary alicyclic amines) is 1. The SMILES string of the molecule is CCOC(=O)C1CCN(C(=O)COc2ccc3c(c2)CCC3)CC1. The first-order valence-corrected chi connectivity index (χ1v) is 8.86. The van der Waals surface area contributed by atoms with Crippen LogP contribution in [-0.4, -0.2) is 43.1 Å². The quantitative estimate of drug-likeness (QED) is 0.777. The van der Waals surface area contributed by atoms with Crippen molar-refractivity contribution >= 4 is 11.9 Å². The van der Waals surface area contributed by atoms with Crippen LogP contribution < -0.4 is 4.74 Å². The summed E-state index contributed by atoms with van der Waals surface area (Å²) in [5, 5.41) is 0. The molecular formula is C19H25NO4. The van der Waals surface area contributed by atoms with Gasteiger partial charge in [-0.1, -0.05) is 6.07 Å². The Balaban J connectivity index is 1.45. The number of carbonyl (C=O) groups excluding carboxylic acids is 2. The molecule has 0 unspecified atom stereocenters. The fourth-order valence-electron chi connectivity index (χ4n) is 3.50. The third-order valence-corrected chi connectivity index (χ3v) is 4.90. The molecule has 1 amide bonds. The molecule has 1 aromatic carbocycles. The number of benzene rings is 1. The van der Waals surface area contributed by atoms with Gasteiger partial charge in [0.05, 0.1) is 12.5 Å². The Morgan fingerprint density at radius 2 is 1.92 bits per heavy atom. The first kappa shape index (κ1) is 16.8. The molecule has 1 aliphatic heterocycles. The Hall–Kier alpha value is -2.04. The van der Waals surface area contributed by atoms with Crippen LogP contribution in [0.1, 0.15) is 37.3 Å². The molecule has 0 spiro atoms. The fraction of sp³-hybridized carbons (Fsp3) is 0.579. The Kier molecular flexibility index (Phi) is 5.38. The van der Waals surface area contributed by atoms with Crippen LogP contribution in [-0.2, 0) is 27.2 Å². The number of amides is 1. The van der Waals surface area contributed by atoms with Gasteiger partial charge in [0.2, 0.25) is 0 Å². The zero-order valence-electron chi connectivity index (χ0n) is 14.3. The second-order valence-corrected chi connectivity index (χ2v) is 6.48. The summed E-state index contributed by atoms with van der Waals surface area (Å²) in [6.07, 6.45) is 4.78. The van der Waals surface area contributed by atoms with E-state index in [9.17, 15) is 9.59 Å². The van der Waals surface area contributed by atoms with Gasteiger partial charge in [0.25, 0.3) is 5.91 Å². The van der Waals surface area contributed by atoms with Crippen molar-refractivity contribution in [1.82, 2.24) is 4.90 Å². The maximum Gasteiger partial charge on any atom is 0.309 e. The minimum absolute atomic E-state index is 0.0159. The highest BCUT2D eigenvalue weighted by Crippen LogP contribution is 2.26. The second-order valence-electron chi connectivity index (χ2n) is 6.48. The zero-order chi connectivity index (χ0) is 16.9. The van der Waals surface area contributed by atoms with Gasteiger partial charge in [-0.05, 0) is 62.3 Å². The summed E-state index contributed by atoms with van der Waals surface area (Å²) >= 11 is 0. The number of nitrogens with zero attached hydrogens (tertiary/aromatic N) is 1. The minimum atomic E-state index is -0.140. The van der Waals surface area contributed by atoms with E-state index in [0.717, 1.165) is 18.6 Å². The molecule has 0 aromatic heterocycles. The van der Waals surface area contributed by atoms with Gasteiger partial charge in [-0.15, -0.1) is 0 Å². The highest BCUT2D eigenvalue weighted by molar-refractivity contribution is 5.78. The molecule has 24 heavy (non-hydrogen) atoms. The van der Waals surface area contributed by atoms with Crippen LogP contribution in [0.5, 0.6) is 5.75 Å². The fourth-order valence-corrected chi connectivity index (χ4v) is 3.50. The van der Waals surface area contributed by atoms with Crippen molar-refractivity contribution in [2.45, 2.75) is 39.0 Å². The number of piperidine rings is 1. The molecule has 1 fully saturated rings. The third-order valence-electron chi connectivity index (χ3n) is 4.90. The normalized spacial score (nSPS) is 17.5. The molecule has 5 heteroatoms. The highest BCUT2D eigenvalue weighted by Gasteiger charge is 2.28. The average Bonchev–Trinajstić information content (AvgIpc) is 3.07.